The Morgan fingerprint density at radius 1 is 1.27 bits per heavy atom. The van der Waals surface area contributed by atoms with Crippen LogP contribution in [0.5, 0.6) is 0 Å². The van der Waals surface area contributed by atoms with Crippen LogP contribution in [0.25, 0.3) is 0 Å². The molecule has 0 saturated carbocycles. The summed E-state index contributed by atoms with van der Waals surface area (Å²) in [6, 6.07) is 13.8. The van der Waals surface area contributed by atoms with Crippen LogP contribution in [-0.2, 0) is 11.2 Å². The summed E-state index contributed by atoms with van der Waals surface area (Å²) in [5.74, 6) is 0.635. The van der Waals surface area contributed by atoms with Gasteiger partial charge < -0.3 is 15.0 Å². The van der Waals surface area contributed by atoms with E-state index in [1.165, 1.54) is 11.3 Å². The Morgan fingerprint density at radius 2 is 2.14 bits per heavy atom. The molecule has 1 amide bonds. The number of fused-ring (bicyclic) bond motifs is 1. The highest BCUT2D eigenvalue weighted by Crippen LogP contribution is 2.32. The number of rotatable bonds is 5. The fourth-order valence-corrected chi connectivity index (χ4v) is 2.63. The van der Waals surface area contributed by atoms with Crippen LogP contribution < -0.4 is 10.2 Å². The van der Waals surface area contributed by atoms with E-state index in [0.29, 0.717) is 18.8 Å². The summed E-state index contributed by atoms with van der Waals surface area (Å²) in [6.07, 6.45) is 1.00. The number of anilines is 2. The standard InChI is InChI=1S/C17H19N3O2/c1-22-12-10-18-17(21)14-6-4-8-16(19-14)20-11-9-13-5-2-3-7-15(13)20/h2-8H,9-12H2,1H3,(H,18,21). The highest BCUT2D eigenvalue weighted by molar-refractivity contribution is 5.92. The average molecular weight is 297 g/mol. The number of para-hydroxylation sites is 1. The minimum absolute atomic E-state index is 0.175. The number of hydrogen-bond acceptors (Lipinski definition) is 4. The Balaban J connectivity index is 1.79. The quantitative estimate of drug-likeness (QED) is 0.859. The molecule has 0 unspecified atom stereocenters. The first-order valence-corrected chi connectivity index (χ1v) is 7.39. The van der Waals surface area contributed by atoms with E-state index in [2.05, 4.69) is 33.4 Å². The van der Waals surface area contributed by atoms with Crippen LogP contribution in [0.2, 0.25) is 0 Å². The van der Waals surface area contributed by atoms with Crippen molar-refractivity contribution < 1.29 is 9.53 Å². The van der Waals surface area contributed by atoms with Crippen molar-refractivity contribution in [2.75, 3.05) is 31.7 Å². The van der Waals surface area contributed by atoms with Crippen molar-refractivity contribution in [2.24, 2.45) is 0 Å². The van der Waals surface area contributed by atoms with Gasteiger partial charge in [-0.15, -0.1) is 0 Å². The topological polar surface area (TPSA) is 54.5 Å². The second kappa shape index (κ2) is 6.58. The lowest BCUT2D eigenvalue weighted by Crippen LogP contribution is -2.28. The van der Waals surface area contributed by atoms with Gasteiger partial charge in [0.25, 0.3) is 5.91 Å². The maximum Gasteiger partial charge on any atom is 0.270 e. The molecule has 0 aliphatic carbocycles. The third kappa shape index (κ3) is 2.94. The summed E-state index contributed by atoms with van der Waals surface area (Å²) < 4.78 is 4.93. The number of aromatic nitrogens is 1. The van der Waals surface area contributed by atoms with Gasteiger partial charge in [-0.25, -0.2) is 4.98 Å². The van der Waals surface area contributed by atoms with Crippen LogP contribution in [0.4, 0.5) is 11.5 Å². The summed E-state index contributed by atoms with van der Waals surface area (Å²) in [6.45, 7) is 1.86. The summed E-state index contributed by atoms with van der Waals surface area (Å²) in [5, 5.41) is 2.79. The lowest BCUT2D eigenvalue weighted by Gasteiger charge is -2.18. The molecule has 5 nitrogen and oxygen atoms in total. The van der Waals surface area contributed by atoms with Gasteiger partial charge in [0.2, 0.25) is 0 Å². The number of hydrogen-bond donors (Lipinski definition) is 1. The number of nitrogens with one attached hydrogen (secondary N) is 1. The predicted octanol–water partition coefficient (Wildman–Crippen LogP) is 2.15. The zero-order valence-electron chi connectivity index (χ0n) is 12.6. The van der Waals surface area contributed by atoms with Crippen molar-refractivity contribution in [3.63, 3.8) is 0 Å². The maximum atomic E-state index is 12.1. The molecule has 0 bridgehead atoms. The number of carbonyl (C=O) groups is 1. The molecule has 0 radical (unpaired) electrons. The molecule has 5 heteroatoms. The lowest BCUT2D eigenvalue weighted by molar-refractivity contribution is 0.0932. The van der Waals surface area contributed by atoms with Gasteiger partial charge in [-0.1, -0.05) is 24.3 Å². The van der Waals surface area contributed by atoms with E-state index < -0.39 is 0 Å². The number of benzene rings is 1. The fourth-order valence-electron chi connectivity index (χ4n) is 2.63. The van der Waals surface area contributed by atoms with Crippen LogP contribution in [0.15, 0.2) is 42.5 Å². The highest BCUT2D eigenvalue weighted by Gasteiger charge is 2.21. The van der Waals surface area contributed by atoms with Crippen molar-refractivity contribution in [1.82, 2.24) is 10.3 Å². The normalized spacial score (nSPS) is 13.0. The summed E-state index contributed by atoms with van der Waals surface area (Å²) in [5.41, 5.74) is 2.92. The van der Waals surface area contributed by atoms with Crippen LogP contribution in [0, 0.1) is 0 Å². The molecule has 22 heavy (non-hydrogen) atoms. The average Bonchev–Trinajstić information content (AvgIpc) is 2.99. The Morgan fingerprint density at radius 3 is 3.00 bits per heavy atom. The second-order valence-electron chi connectivity index (χ2n) is 5.16. The molecule has 1 N–H and O–H groups in total. The van der Waals surface area contributed by atoms with Gasteiger partial charge in [-0.2, -0.15) is 0 Å². The van der Waals surface area contributed by atoms with Crippen LogP contribution in [-0.4, -0.2) is 37.7 Å². The van der Waals surface area contributed by atoms with Crippen molar-refractivity contribution >= 4 is 17.4 Å². The van der Waals surface area contributed by atoms with Crippen molar-refractivity contribution in [3.8, 4) is 0 Å². The maximum absolute atomic E-state index is 12.1. The first-order chi connectivity index (χ1) is 10.8. The Kier molecular flexibility index (Phi) is 4.34. The smallest absolute Gasteiger partial charge is 0.270 e. The van der Waals surface area contributed by atoms with Crippen molar-refractivity contribution in [2.45, 2.75) is 6.42 Å². The molecule has 1 aliphatic rings. The lowest BCUT2D eigenvalue weighted by atomic mass is 10.2. The minimum Gasteiger partial charge on any atom is -0.383 e. The van der Waals surface area contributed by atoms with Gasteiger partial charge in [-0.05, 0) is 30.2 Å². The molecular formula is C17H19N3O2. The predicted molar refractivity (Wildman–Crippen MR) is 85.6 cm³/mol. The molecule has 1 aromatic carbocycles. The van der Waals surface area contributed by atoms with E-state index in [4.69, 9.17) is 4.74 Å². The highest BCUT2D eigenvalue weighted by atomic mass is 16.5. The number of amides is 1. The van der Waals surface area contributed by atoms with Gasteiger partial charge in [0.05, 0.1) is 6.61 Å². The van der Waals surface area contributed by atoms with E-state index in [1.54, 1.807) is 13.2 Å². The second-order valence-corrected chi connectivity index (χ2v) is 5.16. The molecule has 2 heterocycles. The Labute approximate surface area is 129 Å². The molecule has 0 spiro atoms. The molecule has 0 saturated heterocycles. The number of pyridine rings is 1. The number of carbonyl (C=O) groups excluding carboxylic acids is 1. The molecule has 1 aliphatic heterocycles. The van der Waals surface area contributed by atoms with Crippen molar-refractivity contribution in [3.05, 3.63) is 53.7 Å². The zero-order chi connectivity index (χ0) is 15.4. The van der Waals surface area contributed by atoms with Gasteiger partial charge in [-0.3, -0.25) is 4.79 Å². The number of methoxy groups -OCH3 is 1. The summed E-state index contributed by atoms with van der Waals surface area (Å²) >= 11 is 0. The van der Waals surface area contributed by atoms with Crippen LogP contribution >= 0.6 is 0 Å². The minimum atomic E-state index is -0.175. The van der Waals surface area contributed by atoms with E-state index in [9.17, 15) is 4.79 Å². The van der Waals surface area contributed by atoms with E-state index in [1.807, 2.05) is 18.2 Å². The SMILES string of the molecule is COCCNC(=O)c1cccc(N2CCc3ccccc32)n1. The molecular weight excluding hydrogens is 278 g/mol. The van der Waals surface area contributed by atoms with E-state index >= 15 is 0 Å². The molecule has 1 aromatic heterocycles. The molecule has 0 atom stereocenters. The van der Waals surface area contributed by atoms with E-state index in [-0.39, 0.29) is 5.91 Å². The van der Waals surface area contributed by atoms with Gasteiger partial charge >= 0.3 is 0 Å². The zero-order valence-corrected chi connectivity index (χ0v) is 12.6. The monoisotopic (exact) mass is 297 g/mol. The first-order valence-electron chi connectivity index (χ1n) is 7.39. The number of nitrogens with zero attached hydrogens (tertiary/aromatic N) is 2. The fraction of sp³-hybridized carbons (Fsp3) is 0.294. The van der Waals surface area contributed by atoms with Gasteiger partial charge in [0.1, 0.15) is 11.5 Å². The summed E-state index contributed by atoms with van der Waals surface area (Å²) in [7, 11) is 1.61. The third-order valence-electron chi connectivity index (χ3n) is 3.72. The van der Waals surface area contributed by atoms with Gasteiger partial charge in [0.15, 0.2) is 0 Å². The van der Waals surface area contributed by atoms with E-state index in [0.717, 1.165) is 18.8 Å². The summed E-state index contributed by atoms with van der Waals surface area (Å²) in [4.78, 5) is 18.7. The molecule has 3 rings (SSSR count). The molecule has 0 fully saturated rings. The van der Waals surface area contributed by atoms with Crippen LogP contribution in [0.1, 0.15) is 16.1 Å². The van der Waals surface area contributed by atoms with Gasteiger partial charge in [0, 0.05) is 25.9 Å². The van der Waals surface area contributed by atoms with Crippen molar-refractivity contribution in [1.29, 1.82) is 0 Å². The Hall–Kier alpha value is -2.40. The molecule has 114 valence electrons. The third-order valence-corrected chi connectivity index (χ3v) is 3.72. The first kappa shape index (κ1) is 14.5. The number of ether oxygens (including phenoxy) is 1. The molecule has 2 aromatic rings. The van der Waals surface area contributed by atoms with Crippen LogP contribution in [0.3, 0.4) is 0 Å². The Bertz CT molecular complexity index is 672. The largest absolute Gasteiger partial charge is 0.383 e.